The van der Waals surface area contributed by atoms with Crippen LogP contribution in [-0.2, 0) is 0 Å². The number of benzene rings is 2. The minimum Gasteiger partial charge on any atom is -0.478 e. The predicted octanol–water partition coefficient (Wildman–Crippen LogP) is 2.94. The first-order valence-corrected chi connectivity index (χ1v) is 8.75. The lowest BCUT2D eigenvalue weighted by molar-refractivity contribution is 0.0697. The Balaban J connectivity index is 1.96. The molecule has 4 rings (SSSR count). The summed E-state index contributed by atoms with van der Waals surface area (Å²) in [4.78, 5) is 43.2. The molecule has 0 saturated carbocycles. The topological polar surface area (TPSA) is 105 Å². The van der Waals surface area contributed by atoms with Crippen molar-refractivity contribution in [3.8, 4) is 5.69 Å². The van der Waals surface area contributed by atoms with Gasteiger partial charge in [-0.2, -0.15) is 0 Å². The monoisotopic (exact) mass is 385 g/mol. The molecule has 2 heterocycles. The number of H-pyrrole nitrogens is 1. The fourth-order valence-corrected chi connectivity index (χ4v) is 3.02. The third-order valence-electron chi connectivity index (χ3n) is 4.38. The van der Waals surface area contributed by atoms with Crippen molar-refractivity contribution in [3.63, 3.8) is 0 Å². The zero-order chi connectivity index (χ0) is 20.4. The van der Waals surface area contributed by atoms with Crippen LogP contribution in [0.2, 0.25) is 0 Å². The van der Waals surface area contributed by atoms with Gasteiger partial charge in [-0.15, -0.1) is 0 Å². The number of carbonyl (C=O) groups is 1. The highest BCUT2D eigenvalue weighted by atomic mass is 16.4. The Kier molecular flexibility index (Phi) is 4.62. The number of para-hydroxylation sites is 1. The molecule has 0 aliphatic rings. The number of aromatic nitrogens is 3. The molecule has 0 atom stereocenters. The number of hydrogen-bond acceptors (Lipinski definition) is 4. The number of rotatable bonds is 4. The second kappa shape index (κ2) is 7.40. The van der Waals surface area contributed by atoms with Crippen molar-refractivity contribution in [2.45, 2.75) is 0 Å². The molecule has 0 spiro atoms. The lowest BCUT2D eigenvalue weighted by atomic mass is 10.1. The third-order valence-corrected chi connectivity index (χ3v) is 4.38. The number of aromatic carboxylic acids is 1. The summed E-state index contributed by atoms with van der Waals surface area (Å²) in [6, 6.07) is 16.2. The van der Waals surface area contributed by atoms with Gasteiger partial charge in [0.2, 0.25) is 5.56 Å². The van der Waals surface area contributed by atoms with E-state index in [1.165, 1.54) is 29.0 Å². The Hall–Kier alpha value is -4.26. The van der Waals surface area contributed by atoms with Crippen LogP contribution in [0.5, 0.6) is 0 Å². The van der Waals surface area contributed by atoms with Gasteiger partial charge < -0.3 is 10.1 Å². The average molecular weight is 385 g/mol. The van der Waals surface area contributed by atoms with Crippen LogP contribution in [0.25, 0.3) is 28.7 Å². The molecule has 142 valence electrons. The van der Waals surface area contributed by atoms with Gasteiger partial charge in [0.25, 0.3) is 5.56 Å². The molecule has 0 radical (unpaired) electrons. The van der Waals surface area contributed by atoms with E-state index in [9.17, 15) is 19.5 Å². The van der Waals surface area contributed by atoms with Crippen molar-refractivity contribution >= 4 is 29.0 Å². The number of carboxylic acids is 1. The predicted molar refractivity (Wildman–Crippen MR) is 110 cm³/mol. The Bertz CT molecular complexity index is 1380. The summed E-state index contributed by atoms with van der Waals surface area (Å²) in [5, 5.41) is 9.71. The molecule has 0 fully saturated rings. The van der Waals surface area contributed by atoms with Gasteiger partial charge in [-0.1, -0.05) is 24.3 Å². The molecular formula is C22H15N3O4. The second-order valence-electron chi connectivity index (χ2n) is 6.30. The van der Waals surface area contributed by atoms with Crippen LogP contribution in [0.3, 0.4) is 0 Å². The normalized spacial score (nSPS) is 11.2. The summed E-state index contributed by atoms with van der Waals surface area (Å²) < 4.78 is 1.36. The first kappa shape index (κ1) is 18.1. The molecule has 0 amide bonds. The van der Waals surface area contributed by atoms with E-state index >= 15 is 0 Å². The molecule has 0 bridgehead atoms. The smallest absolute Gasteiger partial charge is 0.335 e. The minimum absolute atomic E-state index is 0.0621. The highest BCUT2D eigenvalue weighted by Crippen LogP contribution is 2.16. The van der Waals surface area contributed by atoms with E-state index in [0.29, 0.717) is 28.0 Å². The zero-order valence-corrected chi connectivity index (χ0v) is 15.1. The van der Waals surface area contributed by atoms with Crippen LogP contribution in [0.1, 0.15) is 21.7 Å². The Morgan fingerprint density at radius 2 is 1.83 bits per heavy atom. The lowest BCUT2D eigenvalue weighted by Gasteiger charge is -2.12. The average Bonchev–Trinajstić information content (AvgIpc) is 2.72. The summed E-state index contributed by atoms with van der Waals surface area (Å²) in [6.45, 7) is 0. The first-order chi connectivity index (χ1) is 14.0. The van der Waals surface area contributed by atoms with Gasteiger partial charge in [-0.25, -0.2) is 9.78 Å². The standard InChI is InChI=1S/C22H15N3O4/c26-20-12-14(10-11-23-20)8-9-19-24-18-7-2-1-6-17(18)21(27)25(19)16-5-3-4-15(13-16)22(28)29/h1-13H,(H,23,26)(H,28,29)/b9-8+. The molecule has 0 aliphatic carbocycles. The summed E-state index contributed by atoms with van der Waals surface area (Å²) in [7, 11) is 0. The van der Waals surface area contributed by atoms with Gasteiger partial charge in [0.05, 0.1) is 22.2 Å². The molecule has 0 unspecified atom stereocenters. The highest BCUT2D eigenvalue weighted by molar-refractivity contribution is 5.88. The van der Waals surface area contributed by atoms with Crippen LogP contribution in [0.4, 0.5) is 0 Å². The van der Waals surface area contributed by atoms with Crippen molar-refractivity contribution in [1.29, 1.82) is 0 Å². The lowest BCUT2D eigenvalue weighted by Crippen LogP contribution is -2.22. The summed E-state index contributed by atoms with van der Waals surface area (Å²) in [5.41, 5.74) is 1.05. The molecule has 29 heavy (non-hydrogen) atoms. The van der Waals surface area contributed by atoms with Gasteiger partial charge >= 0.3 is 5.97 Å². The number of aromatic amines is 1. The van der Waals surface area contributed by atoms with Crippen LogP contribution < -0.4 is 11.1 Å². The van der Waals surface area contributed by atoms with E-state index < -0.39 is 5.97 Å². The molecule has 7 nitrogen and oxygen atoms in total. The maximum atomic E-state index is 13.2. The maximum absolute atomic E-state index is 13.2. The van der Waals surface area contributed by atoms with Crippen LogP contribution in [0, 0.1) is 0 Å². The van der Waals surface area contributed by atoms with Gasteiger partial charge in [-0.3, -0.25) is 14.2 Å². The molecule has 2 N–H and O–H groups in total. The van der Waals surface area contributed by atoms with Crippen molar-refractivity contribution in [1.82, 2.24) is 14.5 Å². The molecule has 0 saturated heterocycles. The zero-order valence-electron chi connectivity index (χ0n) is 15.1. The summed E-state index contributed by atoms with van der Waals surface area (Å²) in [5.74, 6) is -0.772. The fourth-order valence-electron chi connectivity index (χ4n) is 3.02. The quantitative estimate of drug-likeness (QED) is 0.562. The minimum atomic E-state index is -1.09. The van der Waals surface area contributed by atoms with Gasteiger partial charge in [0.1, 0.15) is 5.82 Å². The number of pyridine rings is 1. The van der Waals surface area contributed by atoms with E-state index in [4.69, 9.17) is 0 Å². The Morgan fingerprint density at radius 3 is 2.62 bits per heavy atom. The van der Waals surface area contributed by atoms with Crippen molar-refractivity contribution < 1.29 is 9.90 Å². The van der Waals surface area contributed by atoms with Crippen molar-refractivity contribution in [2.75, 3.05) is 0 Å². The SMILES string of the molecule is O=C(O)c1cccc(-n2c(/C=C/c3cc[nH]c(=O)c3)nc3ccccc3c2=O)c1. The third kappa shape index (κ3) is 3.61. The molecule has 4 aromatic rings. The number of carboxylic acid groups (broad SMARTS) is 1. The Morgan fingerprint density at radius 1 is 1.00 bits per heavy atom. The van der Waals surface area contributed by atoms with Crippen LogP contribution >= 0.6 is 0 Å². The van der Waals surface area contributed by atoms with E-state index in [-0.39, 0.29) is 16.7 Å². The number of nitrogens with one attached hydrogen (secondary N) is 1. The largest absolute Gasteiger partial charge is 0.478 e. The number of fused-ring (bicyclic) bond motifs is 1. The van der Waals surface area contributed by atoms with Crippen molar-refractivity contribution in [3.05, 3.63) is 105 Å². The maximum Gasteiger partial charge on any atom is 0.335 e. The first-order valence-electron chi connectivity index (χ1n) is 8.75. The van der Waals surface area contributed by atoms with E-state index in [2.05, 4.69) is 9.97 Å². The van der Waals surface area contributed by atoms with Crippen molar-refractivity contribution in [2.24, 2.45) is 0 Å². The summed E-state index contributed by atoms with van der Waals surface area (Å²) >= 11 is 0. The molecule has 2 aromatic heterocycles. The summed E-state index contributed by atoms with van der Waals surface area (Å²) in [6.07, 6.45) is 4.82. The van der Waals surface area contributed by atoms with E-state index in [1.807, 2.05) is 0 Å². The van der Waals surface area contributed by atoms with Crippen LogP contribution in [-0.4, -0.2) is 25.6 Å². The van der Waals surface area contributed by atoms with E-state index in [0.717, 1.165) is 0 Å². The van der Waals surface area contributed by atoms with E-state index in [1.54, 1.807) is 54.6 Å². The molecular weight excluding hydrogens is 370 g/mol. The highest BCUT2D eigenvalue weighted by Gasteiger charge is 2.12. The molecule has 0 aliphatic heterocycles. The van der Waals surface area contributed by atoms with Crippen LogP contribution in [0.15, 0.2) is 76.4 Å². The van der Waals surface area contributed by atoms with Gasteiger partial charge in [0, 0.05) is 12.3 Å². The van der Waals surface area contributed by atoms with Gasteiger partial charge in [-0.05, 0) is 48.0 Å². The Labute approximate surface area is 164 Å². The fraction of sp³-hybridized carbons (Fsp3) is 0. The second-order valence-corrected chi connectivity index (χ2v) is 6.30. The number of hydrogen-bond donors (Lipinski definition) is 2. The molecule has 2 aromatic carbocycles. The molecule has 7 heteroatoms. The van der Waals surface area contributed by atoms with Gasteiger partial charge in [0.15, 0.2) is 0 Å². The number of nitrogens with zero attached hydrogens (tertiary/aromatic N) is 2.